The summed E-state index contributed by atoms with van der Waals surface area (Å²) in [6.07, 6.45) is 6.32. The number of allylic oxidation sites excluding steroid dienone is 4. The van der Waals surface area contributed by atoms with Crippen molar-refractivity contribution in [2.75, 3.05) is 6.61 Å². The summed E-state index contributed by atoms with van der Waals surface area (Å²) in [5.74, 6) is -2.33. The monoisotopic (exact) mass is 535 g/mol. The molecule has 2 N–H and O–H groups in total. The number of halogens is 1. The Morgan fingerprint density at radius 2 is 1.86 bits per heavy atom. The largest absolute Gasteiger partial charge is 0.457 e. The van der Waals surface area contributed by atoms with Crippen molar-refractivity contribution >= 4 is 35.0 Å². The van der Waals surface area contributed by atoms with Crippen LogP contribution in [0.5, 0.6) is 0 Å². The Bertz CT molecular complexity index is 1070. The zero-order valence-corrected chi connectivity index (χ0v) is 23.0. The minimum absolute atomic E-state index is 0.0930. The van der Waals surface area contributed by atoms with Crippen molar-refractivity contribution in [2.24, 2.45) is 39.7 Å². The SMILES string of the molecule is CCC(=O)OCC(=O)[C@@]1(OC(=O)CC)[C@H](C)C[C@H]2[C@H]3[C@H]([C@@H](O)C[C@@]21C)[C@@]1(C)C=C/C(=N/O)C=C1C[C@H]3Cl. The number of esters is 2. The number of carbonyl (C=O) groups excluding carboxylic acids is 3. The maximum atomic E-state index is 13.9. The van der Waals surface area contributed by atoms with Crippen molar-refractivity contribution in [3.63, 3.8) is 0 Å². The fraction of sp³-hybridized carbons (Fsp3) is 0.714. The molecule has 0 spiro atoms. The topological polar surface area (TPSA) is 122 Å². The molecule has 0 radical (unpaired) electrons. The lowest BCUT2D eigenvalue weighted by molar-refractivity contribution is -0.205. The molecule has 9 heteroatoms. The predicted molar refractivity (Wildman–Crippen MR) is 137 cm³/mol. The molecular weight excluding hydrogens is 498 g/mol. The first kappa shape index (κ1) is 27.8. The van der Waals surface area contributed by atoms with Crippen molar-refractivity contribution in [1.82, 2.24) is 0 Å². The fourth-order valence-corrected chi connectivity index (χ4v) is 8.61. The van der Waals surface area contributed by atoms with Crippen LogP contribution in [0.1, 0.15) is 66.7 Å². The molecule has 3 saturated carbocycles. The Balaban J connectivity index is 1.79. The van der Waals surface area contributed by atoms with Gasteiger partial charge in [0.2, 0.25) is 5.78 Å². The summed E-state index contributed by atoms with van der Waals surface area (Å²) < 4.78 is 11.3. The lowest BCUT2D eigenvalue weighted by atomic mass is 9.46. The van der Waals surface area contributed by atoms with Crippen molar-refractivity contribution < 1.29 is 34.2 Å². The van der Waals surface area contributed by atoms with E-state index in [-0.39, 0.29) is 48.3 Å². The highest BCUT2D eigenvalue weighted by atomic mass is 35.5. The van der Waals surface area contributed by atoms with Gasteiger partial charge in [-0.15, -0.1) is 11.6 Å². The summed E-state index contributed by atoms with van der Waals surface area (Å²) in [7, 11) is 0. The van der Waals surface area contributed by atoms with Gasteiger partial charge in [0.15, 0.2) is 12.2 Å². The number of carbonyl (C=O) groups is 3. The summed E-state index contributed by atoms with van der Waals surface area (Å²) >= 11 is 7.09. The molecule has 4 rings (SSSR count). The standard InChI is InChI=1S/C28H38ClNO7/c1-6-22(33)36-14-21(32)28(37-23(34)7-2)15(3)10-18-24-19(29)12-16-11-17(30-35)8-9-26(16,4)25(24)20(31)13-27(18,28)5/h8-9,11,15,18-20,24-25,31,35H,6-7,10,12-14H2,1-5H3/b30-17-/t15-,18+,19-,20+,24-,25+,26+,27+,28+/m1/s1. The van der Waals surface area contributed by atoms with Crippen LogP contribution < -0.4 is 0 Å². The quantitative estimate of drug-likeness (QED) is 0.226. The van der Waals surface area contributed by atoms with Crippen molar-refractivity contribution in [3.8, 4) is 0 Å². The van der Waals surface area contributed by atoms with Gasteiger partial charge in [0, 0.05) is 40.9 Å². The van der Waals surface area contributed by atoms with Crippen LogP contribution in [0, 0.1) is 34.5 Å². The van der Waals surface area contributed by atoms with Crippen LogP contribution in [0.3, 0.4) is 0 Å². The van der Waals surface area contributed by atoms with Crippen LogP contribution in [0.25, 0.3) is 0 Å². The van der Waals surface area contributed by atoms with Gasteiger partial charge in [-0.3, -0.25) is 14.4 Å². The van der Waals surface area contributed by atoms with Gasteiger partial charge < -0.3 is 19.8 Å². The summed E-state index contributed by atoms with van der Waals surface area (Å²) in [5.41, 5.74) is -1.51. The maximum Gasteiger partial charge on any atom is 0.306 e. The molecule has 0 amide bonds. The summed E-state index contributed by atoms with van der Waals surface area (Å²) in [6, 6.07) is 0. The molecule has 0 saturated heterocycles. The van der Waals surface area contributed by atoms with Crippen LogP contribution >= 0.6 is 11.6 Å². The zero-order chi connectivity index (χ0) is 27.3. The lowest BCUT2D eigenvalue weighted by Crippen LogP contribution is -2.65. The average molecular weight is 536 g/mol. The van der Waals surface area contributed by atoms with Crippen molar-refractivity contribution in [1.29, 1.82) is 0 Å². The molecule has 0 aliphatic heterocycles. The third-order valence-corrected chi connectivity index (χ3v) is 10.2. The van der Waals surface area contributed by atoms with E-state index in [1.807, 2.05) is 26.0 Å². The molecule has 204 valence electrons. The summed E-state index contributed by atoms with van der Waals surface area (Å²) in [6.45, 7) is 8.74. The number of rotatable bonds is 6. The molecule has 0 bridgehead atoms. The zero-order valence-electron chi connectivity index (χ0n) is 22.2. The summed E-state index contributed by atoms with van der Waals surface area (Å²) in [4.78, 5) is 38.5. The number of hydrogen-bond donors (Lipinski definition) is 2. The Kier molecular flexibility index (Phi) is 7.40. The van der Waals surface area contributed by atoms with Gasteiger partial charge in [-0.2, -0.15) is 0 Å². The molecule has 0 aromatic carbocycles. The molecule has 4 aliphatic rings. The molecule has 9 atom stereocenters. The van der Waals surface area contributed by atoms with Gasteiger partial charge in [-0.1, -0.05) is 51.4 Å². The molecule has 3 fully saturated rings. The van der Waals surface area contributed by atoms with E-state index in [2.05, 4.69) is 12.1 Å². The average Bonchev–Trinajstić information content (AvgIpc) is 3.08. The molecule has 0 heterocycles. The Morgan fingerprint density at radius 3 is 2.49 bits per heavy atom. The number of fused-ring (bicyclic) bond motifs is 5. The van der Waals surface area contributed by atoms with Gasteiger partial charge in [0.25, 0.3) is 0 Å². The molecule has 37 heavy (non-hydrogen) atoms. The smallest absolute Gasteiger partial charge is 0.306 e. The van der Waals surface area contributed by atoms with Crippen LogP contribution in [0.15, 0.2) is 29.0 Å². The van der Waals surface area contributed by atoms with E-state index < -0.39 is 46.9 Å². The molecule has 0 aromatic heterocycles. The fourth-order valence-electron chi connectivity index (χ4n) is 8.11. The highest BCUT2D eigenvalue weighted by Crippen LogP contribution is 2.69. The third kappa shape index (κ3) is 4.06. The van der Waals surface area contributed by atoms with E-state index >= 15 is 0 Å². The Morgan fingerprint density at radius 1 is 1.19 bits per heavy atom. The predicted octanol–water partition coefficient (Wildman–Crippen LogP) is 4.20. The number of ether oxygens (including phenoxy) is 2. The normalized spacial score (nSPS) is 43.3. The van der Waals surface area contributed by atoms with E-state index in [1.165, 1.54) is 0 Å². The number of nitrogens with zero attached hydrogens (tertiary/aromatic N) is 1. The lowest BCUT2D eigenvalue weighted by Gasteiger charge is -2.61. The number of hydrogen-bond acceptors (Lipinski definition) is 8. The highest BCUT2D eigenvalue weighted by Gasteiger charge is 2.73. The Labute approximate surface area is 223 Å². The maximum absolute atomic E-state index is 13.9. The number of Topliss-reactive ketones (excluding diaryl/α,β-unsaturated/α-hetero) is 1. The molecule has 8 nitrogen and oxygen atoms in total. The van der Waals surface area contributed by atoms with Crippen LogP contribution in [0.2, 0.25) is 0 Å². The van der Waals surface area contributed by atoms with E-state index in [1.54, 1.807) is 19.9 Å². The number of alkyl halides is 1. The first-order valence-electron chi connectivity index (χ1n) is 13.2. The van der Waals surface area contributed by atoms with E-state index in [0.717, 1.165) is 5.57 Å². The van der Waals surface area contributed by atoms with Crippen LogP contribution in [0.4, 0.5) is 0 Å². The number of aliphatic hydroxyl groups excluding tert-OH is 1. The van der Waals surface area contributed by atoms with Crippen molar-refractivity contribution in [3.05, 3.63) is 23.8 Å². The van der Waals surface area contributed by atoms with Crippen LogP contribution in [-0.2, 0) is 23.9 Å². The number of ketones is 1. The van der Waals surface area contributed by atoms with Gasteiger partial charge in [-0.25, -0.2) is 0 Å². The van der Waals surface area contributed by atoms with Gasteiger partial charge >= 0.3 is 11.9 Å². The number of oxime groups is 1. The van der Waals surface area contributed by atoms with E-state index in [4.69, 9.17) is 21.1 Å². The van der Waals surface area contributed by atoms with Crippen molar-refractivity contribution in [2.45, 2.75) is 83.8 Å². The third-order valence-electron chi connectivity index (χ3n) is 9.78. The molecular formula is C28H38ClNO7. The minimum Gasteiger partial charge on any atom is -0.457 e. The molecule has 0 unspecified atom stereocenters. The van der Waals surface area contributed by atoms with Gasteiger partial charge in [-0.05, 0) is 43.3 Å². The molecule has 0 aromatic rings. The van der Waals surface area contributed by atoms with E-state index in [0.29, 0.717) is 18.6 Å². The summed E-state index contributed by atoms with van der Waals surface area (Å²) in [5, 5.41) is 24.1. The Hall–Kier alpha value is -2.19. The van der Waals surface area contributed by atoms with E-state index in [9.17, 15) is 24.7 Å². The first-order valence-corrected chi connectivity index (χ1v) is 13.7. The molecule has 4 aliphatic carbocycles. The second-order valence-electron chi connectivity index (χ2n) is 11.6. The number of aliphatic hydroxyl groups is 1. The first-order chi connectivity index (χ1) is 17.4. The minimum atomic E-state index is -1.54. The van der Waals surface area contributed by atoms with Gasteiger partial charge in [0.1, 0.15) is 5.71 Å². The second-order valence-corrected chi connectivity index (χ2v) is 12.1. The van der Waals surface area contributed by atoms with Gasteiger partial charge in [0.05, 0.1) is 6.10 Å². The van der Waals surface area contributed by atoms with Crippen LogP contribution in [-0.4, -0.2) is 57.4 Å². The second kappa shape index (κ2) is 9.84. The highest BCUT2D eigenvalue weighted by molar-refractivity contribution is 6.21.